The van der Waals surface area contributed by atoms with Gasteiger partial charge in [0.25, 0.3) is 5.91 Å². The van der Waals surface area contributed by atoms with E-state index in [4.69, 9.17) is 4.42 Å². The van der Waals surface area contributed by atoms with Crippen LogP contribution in [0.5, 0.6) is 0 Å². The van der Waals surface area contributed by atoms with Crippen molar-refractivity contribution < 1.29 is 14.0 Å². The molecule has 0 spiro atoms. The van der Waals surface area contributed by atoms with Crippen molar-refractivity contribution in [2.24, 2.45) is 0 Å². The number of H-pyrrole nitrogens is 1. The Bertz CT molecular complexity index is 1170. The molecule has 0 aliphatic heterocycles. The third-order valence-corrected chi connectivity index (χ3v) is 5.84. The van der Waals surface area contributed by atoms with Crippen LogP contribution < -0.4 is 10.6 Å². The maximum absolute atomic E-state index is 12.5. The summed E-state index contributed by atoms with van der Waals surface area (Å²) in [4.78, 5) is 32.0. The fraction of sp³-hybridized carbons (Fsp3) is 0.150. The molecule has 1 aromatic carbocycles. The molecule has 2 amide bonds. The van der Waals surface area contributed by atoms with Gasteiger partial charge < -0.3 is 9.73 Å². The first kappa shape index (κ1) is 20.8. The molecule has 3 aromatic heterocycles. The molecule has 158 valence electrons. The van der Waals surface area contributed by atoms with Gasteiger partial charge in [-0.1, -0.05) is 23.9 Å². The minimum absolute atomic E-state index is 0.127. The van der Waals surface area contributed by atoms with Crippen LogP contribution in [0.15, 0.2) is 57.7 Å². The van der Waals surface area contributed by atoms with Gasteiger partial charge >= 0.3 is 0 Å². The Kier molecular flexibility index (Phi) is 6.43. The standard InChI is InChI=1S/C20H18N6O3S2/c1-12(27)21-8-15-6-7-17(29-15)16-10-31-20(24-16)25-18(28)14-4-2-13(3-5-14)9-30-19-22-11-23-26-19/h2-7,10-11H,8-9H2,1H3,(H,21,27)(H,22,23,26)(H,24,25,28). The highest BCUT2D eigenvalue weighted by molar-refractivity contribution is 7.98. The Morgan fingerprint density at radius 3 is 2.77 bits per heavy atom. The molecule has 0 aliphatic rings. The third-order valence-electron chi connectivity index (χ3n) is 4.13. The number of thiazole rings is 1. The topological polar surface area (TPSA) is 126 Å². The van der Waals surface area contributed by atoms with Gasteiger partial charge in [0.2, 0.25) is 5.91 Å². The lowest BCUT2D eigenvalue weighted by Gasteiger charge is -2.04. The van der Waals surface area contributed by atoms with Crippen LogP contribution in [0, 0.1) is 0 Å². The number of carbonyl (C=O) groups is 2. The highest BCUT2D eigenvalue weighted by Gasteiger charge is 2.13. The number of thioether (sulfide) groups is 1. The normalized spacial score (nSPS) is 10.7. The molecule has 0 saturated carbocycles. The molecule has 9 nitrogen and oxygen atoms in total. The van der Waals surface area contributed by atoms with Gasteiger partial charge in [0.1, 0.15) is 17.8 Å². The Balaban J connectivity index is 1.34. The van der Waals surface area contributed by atoms with Gasteiger partial charge in [0.15, 0.2) is 16.0 Å². The van der Waals surface area contributed by atoms with E-state index in [2.05, 4.69) is 30.8 Å². The Hall–Kier alpha value is -3.44. The second kappa shape index (κ2) is 9.58. The van der Waals surface area contributed by atoms with Crippen LogP contribution in [0.2, 0.25) is 0 Å². The Morgan fingerprint density at radius 1 is 1.19 bits per heavy atom. The average Bonchev–Trinajstić information content (AvgIpc) is 3.52. The number of aromatic amines is 1. The number of anilines is 1. The lowest BCUT2D eigenvalue weighted by atomic mass is 10.1. The van der Waals surface area contributed by atoms with Crippen molar-refractivity contribution in [1.82, 2.24) is 25.5 Å². The summed E-state index contributed by atoms with van der Waals surface area (Å²) in [5, 5.41) is 15.1. The predicted molar refractivity (Wildman–Crippen MR) is 118 cm³/mol. The van der Waals surface area contributed by atoms with E-state index < -0.39 is 0 Å². The van der Waals surface area contributed by atoms with Crippen LogP contribution in [0.3, 0.4) is 0 Å². The van der Waals surface area contributed by atoms with Crippen LogP contribution >= 0.6 is 23.1 Å². The lowest BCUT2D eigenvalue weighted by molar-refractivity contribution is -0.119. The molecule has 4 rings (SSSR count). The number of hydrogen-bond acceptors (Lipinski definition) is 8. The fourth-order valence-corrected chi connectivity index (χ4v) is 4.03. The molecule has 0 radical (unpaired) electrons. The predicted octanol–water partition coefficient (Wildman–Crippen LogP) is 3.70. The van der Waals surface area contributed by atoms with Gasteiger partial charge in [0.05, 0.1) is 6.54 Å². The van der Waals surface area contributed by atoms with Gasteiger partial charge in [-0.15, -0.1) is 11.3 Å². The average molecular weight is 455 g/mol. The van der Waals surface area contributed by atoms with Crippen molar-refractivity contribution in [2.45, 2.75) is 24.4 Å². The second-order valence-corrected chi connectivity index (χ2v) is 8.27. The molecule has 31 heavy (non-hydrogen) atoms. The van der Waals surface area contributed by atoms with E-state index in [9.17, 15) is 9.59 Å². The zero-order chi connectivity index (χ0) is 21.6. The number of amides is 2. The van der Waals surface area contributed by atoms with E-state index in [0.717, 1.165) is 16.5 Å². The van der Waals surface area contributed by atoms with Gasteiger partial charge in [0, 0.05) is 23.6 Å². The first-order valence-electron chi connectivity index (χ1n) is 9.24. The second-order valence-electron chi connectivity index (χ2n) is 6.44. The molecular formula is C20H18N6O3S2. The van der Waals surface area contributed by atoms with E-state index in [-0.39, 0.29) is 11.8 Å². The van der Waals surface area contributed by atoms with E-state index in [1.165, 1.54) is 36.3 Å². The summed E-state index contributed by atoms with van der Waals surface area (Å²) in [6, 6.07) is 10.9. The Labute approximate surface area is 185 Å². The molecule has 3 heterocycles. The SMILES string of the molecule is CC(=O)NCc1ccc(-c2csc(NC(=O)c3ccc(CSc4ncn[nH]4)cc3)n2)o1. The molecule has 0 unspecified atom stereocenters. The fourth-order valence-electron chi connectivity index (χ4n) is 2.60. The minimum atomic E-state index is -0.235. The Morgan fingerprint density at radius 2 is 2.03 bits per heavy atom. The van der Waals surface area contributed by atoms with Crippen LogP contribution in [0.1, 0.15) is 28.6 Å². The van der Waals surface area contributed by atoms with Gasteiger partial charge in [-0.05, 0) is 29.8 Å². The quantitative estimate of drug-likeness (QED) is 0.347. The zero-order valence-corrected chi connectivity index (χ0v) is 18.0. The zero-order valence-electron chi connectivity index (χ0n) is 16.4. The molecule has 11 heteroatoms. The first-order chi connectivity index (χ1) is 15.1. The monoisotopic (exact) mass is 454 g/mol. The smallest absolute Gasteiger partial charge is 0.257 e. The van der Waals surface area contributed by atoms with Crippen molar-refractivity contribution >= 4 is 40.0 Å². The van der Waals surface area contributed by atoms with Crippen molar-refractivity contribution in [2.75, 3.05) is 5.32 Å². The maximum atomic E-state index is 12.5. The number of furan rings is 1. The lowest BCUT2D eigenvalue weighted by Crippen LogP contribution is -2.18. The van der Waals surface area contributed by atoms with Gasteiger partial charge in [-0.3, -0.25) is 20.0 Å². The number of nitrogens with zero attached hydrogens (tertiary/aromatic N) is 3. The molecule has 0 atom stereocenters. The van der Waals surface area contributed by atoms with E-state index in [0.29, 0.717) is 34.5 Å². The van der Waals surface area contributed by atoms with Crippen LogP contribution in [0.25, 0.3) is 11.5 Å². The molecule has 0 saturated heterocycles. The van der Waals surface area contributed by atoms with Crippen LogP contribution in [-0.2, 0) is 17.1 Å². The van der Waals surface area contributed by atoms with Crippen LogP contribution in [0.4, 0.5) is 5.13 Å². The minimum Gasteiger partial charge on any atom is -0.458 e. The van der Waals surface area contributed by atoms with Crippen LogP contribution in [-0.4, -0.2) is 32.0 Å². The summed E-state index contributed by atoms with van der Waals surface area (Å²) < 4.78 is 5.69. The highest BCUT2D eigenvalue weighted by Crippen LogP contribution is 2.27. The first-order valence-corrected chi connectivity index (χ1v) is 11.1. The van der Waals surface area contributed by atoms with E-state index >= 15 is 0 Å². The molecular weight excluding hydrogens is 436 g/mol. The summed E-state index contributed by atoms with van der Waals surface area (Å²) in [7, 11) is 0. The van der Waals surface area contributed by atoms with Gasteiger partial charge in [-0.25, -0.2) is 9.97 Å². The maximum Gasteiger partial charge on any atom is 0.257 e. The highest BCUT2D eigenvalue weighted by atomic mass is 32.2. The number of nitrogens with one attached hydrogen (secondary N) is 3. The third kappa shape index (κ3) is 5.58. The molecule has 0 bridgehead atoms. The summed E-state index contributed by atoms with van der Waals surface area (Å²) in [6.45, 7) is 1.76. The summed E-state index contributed by atoms with van der Waals surface area (Å²) in [6.07, 6.45) is 1.47. The number of rotatable bonds is 8. The summed E-state index contributed by atoms with van der Waals surface area (Å²) >= 11 is 2.85. The number of carbonyl (C=O) groups excluding carboxylic acids is 2. The summed E-state index contributed by atoms with van der Waals surface area (Å²) in [5.74, 6) is 1.57. The van der Waals surface area contributed by atoms with Crippen molar-refractivity contribution in [3.8, 4) is 11.5 Å². The molecule has 0 aliphatic carbocycles. The van der Waals surface area contributed by atoms with Crippen molar-refractivity contribution in [3.05, 3.63) is 65.0 Å². The van der Waals surface area contributed by atoms with Gasteiger partial charge in [-0.2, -0.15) is 5.10 Å². The largest absolute Gasteiger partial charge is 0.458 e. The van der Waals surface area contributed by atoms with E-state index in [1.54, 1.807) is 29.6 Å². The van der Waals surface area contributed by atoms with Crippen molar-refractivity contribution in [3.63, 3.8) is 0 Å². The van der Waals surface area contributed by atoms with E-state index in [1.807, 2.05) is 12.1 Å². The number of benzene rings is 1. The molecule has 0 fully saturated rings. The molecule has 4 aromatic rings. The number of aromatic nitrogens is 4. The summed E-state index contributed by atoms with van der Waals surface area (Å²) in [5.41, 5.74) is 2.23. The number of hydrogen-bond donors (Lipinski definition) is 3. The van der Waals surface area contributed by atoms with Crippen molar-refractivity contribution in [1.29, 1.82) is 0 Å². The molecule has 3 N–H and O–H groups in total.